The van der Waals surface area contributed by atoms with Gasteiger partial charge in [0.15, 0.2) is 0 Å². The van der Waals surface area contributed by atoms with Gasteiger partial charge in [-0.2, -0.15) is 0 Å². The maximum Gasteiger partial charge on any atom is 0.254 e. The second-order valence-electron chi connectivity index (χ2n) is 4.68. The number of pyridine rings is 1. The molecule has 1 aromatic rings. The third-order valence-corrected chi connectivity index (χ3v) is 2.74. The molecule has 1 aliphatic rings. The fraction of sp³-hybridized carbons (Fsp3) is 0.455. The summed E-state index contributed by atoms with van der Waals surface area (Å²) in [6.45, 7) is 2.99. The molecule has 2 rings (SSSR count). The van der Waals surface area contributed by atoms with Crippen LogP contribution in [0.5, 0.6) is 0 Å². The van der Waals surface area contributed by atoms with E-state index in [4.69, 9.17) is 5.73 Å². The highest BCUT2D eigenvalue weighted by Crippen LogP contribution is 2.19. The van der Waals surface area contributed by atoms with Crippen molar-refractivity contribution in [2.24, 2.45) is 12.8 Å². The summed E-state index contributed by atoms with van der Waals surface area (Å²) in [5.74, 6) is -0.124. The number of nitrogens with two attached hydrogens (primary N) is 1. The van der Waals surface area contributed by atoms with Crippen LogP contribution in [0.25, 0.3) is 0 Å². The first-order valence-corrected chi connectivity index (χ1v) is 5.14. The number of carbonyl (C=O) groups excluding carboxylic acids is 1. The number of aryl methyl sites for hydroxylation is 1. The van der Waals surface area contributed by atoms with E-state index in [0.29, 0.717) is 18.7 Å². The minimum absolute atomic E-state index is 0.124. The molecular formula is C11H15N3O2. The maximum absolute atomic E-state index is 11.9. The number of aromatic nitrogens is 1. The number of hydrogen-bond donors (Lipinski definition) is 1. The molecule has 0 aliphatic carbocycles. The van der Waals surface area contributed by atoms with Gasteiger partial charge in [-0.3, -0.25) is 9.59 Å². The first-order chi connectivity index (χ1) is 7.39. The number of amides is 1. The van der Waals surface area contributed by atoms with Crippen LogP contribution in [0.2, 0.25) is 0 Å². The highest BCUT2D eigenvalue weighted by atomic mass is 16.2. The molecule has 0 unspecified atom stereocenters. The highest BCUT2D eigenvalue weighted by molar-refractivity contribution is 5.94. The van der Waals surface area contributed by atoms with E-state index in [-0.39, 0.29) is 17.0 Å². The van der Waals surface area contributed by atoms with Gasteiger partial charge in [-0.15, -0.1) is 0 Å². The summed E-state index contributed by atoms with van der Waals surface area (Å²) in [5.41, 5.74) is 5.79. The molecule has 0 bridgehead atoms. The lowest BCUT2D eigenvalue weighted by Crippen LogP contribution is -2.66. The lowest BCUT2D eigenvalue weighted by Gasteiger charge is -2.45. The fourth-order valence-electron chi connectivity index (χ4n) is 1.83. The molecule has 0 saturated carbocycles. The number of nitrogens with zero attached hydrogens (tertiary/aromatic N) is 2. The Balaban J connectivity index is 2.17. The summed E-state index contributed by atoms with van der Waals surface area (Å²) in [6.07, 6.45) is 1.59. The summed E-state index contributed by atoms with van der Waals surface area (Å²) in [7, 11) is 1.65. The van der Waals surface area contributed by atoms with Crippen molar-refractivity contribution in [1.82, 2.24) is 9.47 Å². The van der Waals surface area contributed by atoms with Gasteiger partial charge in [0.05, 0.1) is 0 Å². The Hall–Kier alpha value is -1.62. The van der Waals surface area contributed by atoms with E-state index in [9.17, 15) is 9.59 Å². The van der Waals surface area contributed by atoms with Gasteiger partial charge in [0.2, 0.25) is 0 Å². The minimum Gasteiger partial charge on any atom is -0.335 e. The molecule has 0 aromatic carbocycles. The van der Waals surface area contributed by atoms with E-state index in [1.807, 2.05) is 6.92 Å². The Morgan fingerprint density at radius 3 is 2.62 bits per heavy atom. The number of likely N-dealkylation sites (tertiary alicyclic amines) is 1. The average molecular weight is 221 g/mol. The molecule has 86 valence electrons. The van der Waals surface area contributed by atoms with Crippen LogP contribution in [0.3, 0.4) is 0 Å². The molecule has 2 heterocycles. The molecule has 16 heavy (non-hydrogen) atoms. The van der Waals surface area contributed by atoms with Gasteiger partial charge in [-0.05, 0) is 13.0 Å². The predicted octanol–water partition coefficient (Wildman–Crippen LogP) is -0.442. The fourth-order valence-corrected chi connectivity index (χ4v) is 1.83. The molecule has 1 fully saturated rings. The van der Waals surface area contributed by atoms with Crippen molar-refractivity contribution in [3.63, 3.8) is 0 Å². The molecule has 2 N–H and O–H groups in total. The lowest BCUT2D eigenvalue weighted by atomic mass is 9.93. The van der Waals surface area contributed by atoms with Crippen LogP contribution < -0.4 is 11.3 Å². The largest absolute Gasteiger partial charge is 0.335 e. The van der Waals surface area contributed by atoms with Crippen molar-refractivity contribution in [2.75, 3.05) is 13.1 Å². The number of hydrogen-bond acceptors (Lipinski definition) is 3. The van der Waals surface area contributed by atoms with Crippen LogP contribution in [0, 0.1) is 0 Å². The third-order valence-electron chi connectivity index (χ3n) is 2.74. The first-order valence-electron chi connectivity index (χ1n) is 5.14. The van der Waals surface area contributed by atoms with Gasteiger partial charge in [0.25, 0.3) is 11.5 Å². The van der Waals surface area contributed by atoms with Crippen molar-refractivity contribution in [2.45, 2.75) is 12.5 Å². The Kier molecular flexibility index (Phi) is 2.35. The number of carbonyl (C=O) groups is 1. The summed E-state index contributed by atoms with van der Waals surface area (Å²) in [6, 6.07) is 3.00. The summed E-state index contributed by atoms with van der Waals surface area (Å²) < 4.78 is 1.43. The monoisotopic (exact) mass is 221 g/mol. The van der Waals surface area contributed by atoms with Crippen LogP contribution in [0.1, 0.15) is 17.3 Å². The van der Waals surface area contributed by atoms with Crippen LogP contribution in [-0.2, 0) is 7.05 Å². The summed E-state index contributed by atoms with van der Waals surface area (Å²) >= 11 is 0. The quantitative estimate of drug-likeness (QED) is 0.699. The average Bonchev–Trinajstić information content (AvgIpc) is 2.17. The molecule has 5 nitrogen and oxygen atoms in total. The minimum atomic E-state index is -0.282. The van der Waals surface area contributed by atoms with E-state index < -0.39 is 0 Å². The van der Waals surface area contributed by atoms with Gasteiger partial charge in [0, 0.05) is 43.5 Å². The summed E-state index contributed by atoms with van der Waals surface area (Å²) in [4.78, 5) is 24.9. The standard InChI is InChI=1S/C11H15N3O2/c1-11(12)6-14(7-11)10(16)8-3-4-13(2)9(15)5-8/h3-5H,6-7,12H2,1-2H3. The van der Waals surface area contributed by atoms with Gasteiger partial charge in [0.1, 0.15) is 0 Å². The zero-order valence-corrected chi connectivity index (χ0v) is 9.43. The molecule has 1 saturated heterocycles. The zero-order valence-electron chi connectivity index (χ0n) is 9.43. The molecule has 1 aromatic heterocycles. The van der Waals surface area contributed by atoms with Gasteiger partial charge in [-0.1, -0.05) is 0 Å². The Bertz CT molecular complexity index is 482. The third kappa shape index (κ3) is 1.86. The van der Waals surface area contributed by atoms with Gasteiger partial charge < -0.3 is 15.2 Å². The topological polar surface area (TPSA) is 68.3 Å². The number of rotatable bonds is 1. The molecule has 0 atom stereocenters. The maximum atomic E-state index is 11.9. The van der Waals surface area contributed by atoms with E-state index >= 15 is 0 Å². The van der Waals surface area contributed by atoms with Crippen molar-refractivity contribution in [1.29, 1.82) is 0 Å². The second kappa shape index (κ2) is 3.45. The van der Waals surface area contributed by atoms with Crippen molar-refractivity contribution in [3.05, 3.63) is 34.2 Å². The van der Waals surface area contributed by atoms with Crippen LogP contribution in [0.4, 0.5) is 0 Å². The second-order valence-corrected chi connectivity index (χ2v) is 4.68. The molecule has 1 aliphatic heterocycles. The molecule has 0 radical (unpaired) electrons. The van der Waals surface area contributed by atoms with Crippen molar-refractivity contribution < 1.29 is 4.79 Å². The van der Waals surface area contributed by atoms with Crippen molar-refractivity contribution >= 4 is 5.91 Å². The predicted molar refractivity (Wildman–Crippen MR) is 60.2 cm³/mol. The molecule has 1 amide bonds. The van der Waals surface area contributed by atoms with E-state index in [0.717, 1.165) is 0 Å². The van der Waals surface area contributed by atoms with E-state index in [1.54, 1.807) is 24.2 Å². The van der Waals surface area contributed by atoms with Gasteiger partial charge in [-0.25, -0.2) is 0 Å². The normalized spacial score (nSPS) is 18.1. The zero-order chi connectivity index (χ0) is 11.9. The Labute approximate surface area is 93.5 Å². The molecule has 5 heteroatoms. The smallest absolute Gasteiger partial charge is 0.254 e. The lowest BCUT2D eigenvalue weighted by molar-refractivity contribution is 0.0453. The Morgan fingerprint density at radius 1 is 1.50 bits per heavy atom. The van der Waals surface area contributed by atoms with Crippen LogP contribution in [0.15, 0.2) is 23.1 Å². The molecule has 0 spiro atoms. The van der Waals surface area contributed by atoms with E-state index in [1.165, 1.54) is 10.6 Å². The van der Waals surface area contributed by atoms with E-state index in [2.05, 4.69) is 0 Å². The van der Waals surface area contributed by atoms with Crippen LogP contribution >= 0.6 is 0 Å². The van der Waals surface area contributed by atoms with Crippen molar-refractivity contribution in [3.8, 4) is 0 Å². The highest BCUT2D eigenvalue weighted by Gasteiger charge is 2.38. The Morgan fingerprint density at radius 2 is 2.12 bits per heavy atom. The first kappa shape index (κ1) is 10.9. The van der Waals surface area contributed by atoms with Gasteiger partial charge >= 0.3 is 0 Å². The van der Waals surface area contributed by atoms with Crippen LogP contribution in [-0.4, -0.2) is 34.0 Å². The SMILES string of the molecule is Cn1ccc(C(=O)N2CC(C)(N)C2)cc1=O. The summed E-state index contributed by atoms with van der Waals surface area (Å²) in [5, 5.41) is 0. The molecular weight excluding hydrogens is 206 g/mol.